The van der Waals surface area contributed by atoms with Gasteiger partial charge in [0.1, 0.15) is 0 Å². The maximum atomic E-state index is 12.2. The largest absolute Gasteiger partial charge is 0.330 e. The quantitative estimate of drug-likeness (QED) is 0.884. The van der Waals surface area contributed by atoms with Gasteiger partial charge in [0.15, 0.2) is 0 Å². The van der Waals surface area contributed by atoms with Crippen LogP contribution in [0.25, 0.3) is 0 Å². The number of nitrogens with one attached hydrogen (secondary N) is 1. The second-order valence-corrected chi connectivity index (χ2v) is 5.14. The van der Waals surface area contributed by atoms with Gasteiger partial charge in [0, 0.05) is 12.1 Å². The molecule has 1 aliphatic carbocycles. The van der Waals surface area contributed by atoms with E-state index in [1.165, 1.54) is 6.42 Å². The molecule has 0 aromatic carbocycles. The van der Waals surface area contributed by atoms with Gasteiger partial charge in [-0.2, -0.15) is 0 Å². The third kappa shape index (κ3) is 3.00. The Kier molecular flexibility index (Phi) is 4.55. The number of amides is 1. The molecule has 1 aromatic rings. The summed E-state index contributed by atoms with van der Waals surface area (Å²) in [5.74, 6) is 0.300. The fourth-order valence-corrected chi connectivity index (χ4v) is 2.68. The number of carbonyl (C=O) groups excluding carboxylic acids is 1. The molecule has 2 rings (SSSR count). The number of rotatable bonds is 3. The minimum absolute atomic E-state index is 0.0000211. The molecular formula is C13H18ClN3O. The Morgan fingerprint density at radius 1 is 1.50 bits per heavy atom. The van der Waals surface area contributed by atoms with Gasteiger partial charge in [-0.1, -0.05) is 24.4 Å². The Morgan fingerprint density at radius 2 is 2.28 bits per heavy atom. The molecule has 98 valence electrons. The smallest absolute Gasteiger partial charge is 0.227 e. The van der Waals surface area contributed by atoms with Crippen LogP contribution in [0.5, 0.6) is 0 Å². The average molecular weight is 268 g/mol. The second kappa shape index (κ2) is 6.16. The molecule has 5 heteroatoms. The van der Waals surface area contributed by atoms with E-state index in [0.717, 1.165) is 19.3 Å². The Morgan fingerprint density at radius 3 is 3.00 bits per heavy atom. The van der Waals surface area contributed by atoms with Crippen LogP contribution < -0.4 is 11.1 Å². The molecule has 1 amide bonds. The van der Waals surface area contributed by atoms with Crippen LogP contribution in [0.4, 0.5) is 5.69 Å². The molecule has 3 N–H and O–H groups in total. The molecule has 1 heterocycles. The molecule has 0 aliphatic heterocycles. The second-order valence-electron chi connectivity index (χ2n) is 4.73. The summed E-state index contributed by atoms with van der Waals surface area (Å²) in [6, 6.07) is 1.67. The highest BCUT2D eigenvalue weighted by atomic mass is 35.5. The first-order valence-electron chi connectivity index (χ1n) is 6.33. The predicted molar refractivity (Wildman–Crippen MR) is 72.4 cm³/mol. The van der Waals surface area contributed by atoms with E-state index in [1.807, 2.05) is 0 Å². The van der Waals surface area contributed by atoms with Crippen LogP contribution in [0.3, 0.4) is 0 Å². The van der Waals surface area contributed by atoms with Crippen molar-refractivity contribution < 1.29 is 4.79 Å². The fourth-order valence-electron chi connectivity index (χ4n) is 2.53. The normalized spacial score (nSPS) is 23.7. The van der Waals surface area contributed by atoms with Gasteiger partial charge < -0.3 is 11.1 Å². The van der Waals surface area contributed by atoms with E-state index < -0.39 is 0 Å². The van der Waals surface area contributed by atoms with Crippen LogP contribution in [0.2, 0.25) is 5.02 Å². The van der Waals surface area contributed by atoms with Gasteiger partial charge in [-0.15, -0.1) is 0 Å². The standard InChI is InChI=1S/C13H18ClN3O/c14-11-5-6-16-8-12(11)17-13(18)10-4-2-1-3-9(10)7-15/h5-6,8-10H,1-4,7,15H2,(H,17,18). The van der Waals surface area contributed by atoms with Gasteiger partial charge in [-0.05, 0) is 31.4 Å². The summed E-state index contributed by atoms with van der Waals surface area (Å²) in [4.78, 5) is 16.2. The van der Waals surface area contributed by atoms with Crippen molar-refractivity contribution in [1.29, 1.82) is 0 Å². The number of halogens is 1. The summed E-state index contributed by atoms with van der Waals surface area (Å²) in [5.41, 5.74) is 6.31. The average Bonchev–Trinajstić information content (AvgIpc) is 2.41. The summed E-state index contributed by atoms with van der Waals surface area (Å²) < 4.78 is 0. The van der Waals surface area contributed by atoms with E-state index in [1.54, 1.807) is 18.5 Å². The van der Waals surface area contributed by atoms with E-state index in [4.69, 9.17) is 17.3 Å². The molecule has 1 saturated carbocycles. The minimum atomic E-state index is 0.0000211. The zero-order valence-electron chi connectivity index (χ0n) is 10.2. The van der Waals surface area contributed by atoms with Crippen molar-refractivity contribution in [2.24, 2.45) is 17.6 Å². The van der Waals surface area contributed by atoms with Crippen molar-refractivity contribution in [2.75, 3.05) is 11.9 Å². The first kappa shape index (κ1) is 13.3. The lowest BCUT2D eigenvalue weighted by atomic mass is 9.79. The molecule has 2 unspecified atom stereocenters. The van der Waals surface area contributed by atoms with E-state index in [-0.39, 0.29) is 17.7 Å². The van der Waals surface area contributed by atoms with Crippen molar-refractivity contribution in [2.45, 2.75) is 25.7 Å². The van der Waals surface area contributed by atoms with Crippen LogP contribution in [0.15, 0.2) is 18.5 Å². The summed E-state index contributed by atoms with van der Waals surface area (Å²) in [6.07, 6.45) is 7.37. The SMILES string of the molecule is NCC1CCCCC1C(=O)Nc1cnccc1Cl. The first-order chi connectivity index (χ1) is 8.72. The van der Waals surface area contributed by atoms with Crippen LogP contribution in [0.1, 0.15) is 25.7 Å². The van der Waals surface area contributed by atoms with Crippen LogP contribution >= 0.6 is 11.6 Å². The molecule has 2 atom stereocenters. The summed E-state index contributed by atoms with van der Waals surface area (Å²) in [7, 11) is 0. The van der Waals surface area contributed by atoms with E-state index in [0.29, 0.717) is 17.3 Å². The van der Waals surface area contributed by atoms with Gasteiger partial charge in [0.05, 0.1) is 16.9 Å². The molecule has 0 spiro atoms. The van der Waals surface area contributed by atoms with Gasteiger partial charge in [-0.25, -0.2) is 0 Å². The zero-order chi connectivity index (χ0) is 13.0. The van der Waals surface area contributed by atoms with Crippen molar-refractivity contribution in [1.82, 2.24) is 4.98 Å². The lowest BCUT2D eigenvalue weighted by Gasteiger charge is -2.29. The Bertz CT molecular complexity index is 424. The third-order valence-electron chi connectivity index (χ3n) is 3.57. The molecule has 1 fully saturated rings. The number of hydrogen-bond donors (Lipinski definition) is 2. The summed E-state index contributed by atoms with van der Waals surface area (Å²) in [6.45, 7) is 0.568. The van der Waals surface area contributed by atoms with E-state index in [2.05, 4.69) is 10.3 Å². The van der Waals surface area contributed by atoms with Crippen LogP contribution in [-0.4, -0.2) is 17.4 Å². The molecule has 0 bridgehead atoms. The topological polar surface area (TPSA) is 68.0 Å². The van der Waals surface area contributed by atoms with Gasteiger partial charge in [0.2, 0.25) is 5.91 Å². The van der Waals surface area contributed by atoms with Crippen molar-refractivity contribution in [3.8, 4) is 0 Å². The number of hydrogen-bond acceptors (Lipinski definition) is 3. The Hall–Kier alpha value is -1.13. The fraction of sp³-hybridized carbons (Fsp3) is 0.538. The van der Waals surface area contributed by atoms with E-state index >= 15 is 0 Å². The molecule has 1 aromatic heterocycles. The highest BCUT2D eigenvalue weighted by Crippen LogP contribution is 2.31. The summed E-state index contributed by atoms with van der Waals surface area (Å²) >= 11 is 6.00. The Labute approximate surface area is 112 Å². The molecule has 4 nitrogen and oxygen atoms in total. The zero-order valence-corrected chi connectivity index (χ0v) is 11.0. The number of nitrogens with zero attached hydrogens (tertiary/aromatic N) is 1. The van der Waals surface area contributed by atoms with Crippen molar-refractivity contribution >= 4 is 23.2 Å². The number of pyridine rings is 1. The molecule has 0 radical (unpaired) electrons. The number of nitrogens with two attached hydrogens (primary N) is 1. The summed E-state index contributed by atoms with van der Waals surface area (Å²) in [5, 5.41) is 3.37. The highest BCUT2D eigenvalue weighted by molar-refractivity contribution is 6.33. The lowest BCUT2D eigenvalue weighted by molar-refractivity contribution is -0.122. The van der Waals surface area contributed by atoms with Gasteiger partial charge >= 0.3 is 0 Å². The first-order valence-corrected chi connectivity index (χ1v) is 6.70. The predicted octanol–water partition coefficient (Wildman–Crippen LogP) is 2.44. The molecule has 18 heavy (non-hydrogen) atoms. The number of anilines is 1. The minimum Gasteiger partial charge on any atom is -0.330 e. The monoisotopic (exact) mass is 267 g/mol. The van der Waals surface area contributed by atoms with E-state index in [9.17, 15) is 4.79 Å². The molecular weight excluding hydrogens is 250 g/mol. The molecule has 1 aliphatic rings. The van der Waals surface area contributed by atoms with Gasteiger partial charge in [0.25, 0.3) is 0 Å². The molecule has 0 saturated heterocycles. The van der Waals surface area contributed by atoms with Crippen LogP contribution in [-0.2, 0) is 4.79 Å². The van der Waals surface area contributed by atoms with Crippen molar-refractivity contribution in [3.05, 3.63) is 23.5 Å². The maximum Gasteiger partial charge on any atom is 0.227 e. The van der Waals surface area contributed by atoms with Gasteiger partial charge in [-0.3, -0.25) is 9.78 Å². The Balaban J connectivity index is 2.05. The number of aromatic nitrogens is 1. The maximum absolute atomic E-state index is 12.2. The third-order valence-corrected chi connectivity index (χ3v) is 3.90. The van der Waals surface area contributed by atoms with Crippen LogP contribution in [0, 0.1) is 11.8 Å². The van der Waals surface area contributed by atoms with Crippen molar-refractivity contribution in [3.63, 3.8) is 0 Å². The highest BCUT2D eigenvalue weighted by Gasteiger charge is 2.30. The number of carbonyl (C=O) groups is 1. The lowest BCUT2D eigenvalue weighted by Crippen LogP contribution is -2.35.